The molecular formula is C25H24N6O3. The van der Waals surface area contributed by atoms with Gasteiger partial charge in [-0.3, -0.25) is 4.79 Å². The third-order valence-electron chi connectivity index (χ3n) is 7.33. The first kappa shape index (κ1) is 19.6. The van der Waals surface area contributed by atoms with E-state index in [-0.39, 0.29) is 18.4 Å². The van der Waals surface area contributed by atoms with E-state index < -0.39 is 6.04 Å². The van der Waals surface area contributed by atoms with Crippen LogP contribution in [0.5, 0.6) is 11.5 Å². The second-order valence-corrected chi connectivity index (χ2v) is 9.24. The van der Waals surface area contributed by atoms with E-state index in [1.807, 2.05) is 28.9 Å². The number of aromatic amines is 1. The molecule has 2 aromatic carbocycles. The molecule has 9 nitrogen and oxygen atoms in total. The molecule has 3 aliphatic rings. The van der Waals surface area contributed by atoms with Crippen LogP contribution in [0.15, 0.2) is 47.3 Å². The van der Waals surface area contributed by atoms with Gasteiger partial charge in [0.1, 0.15) is 6.04 Å². The Morgan fingerprint density at radius 3 is 2.76 bits per heavy atom. The SMILES string of the molecule is O=c1[nH]c2cc3c(cc2cc1[C@H](c1nnnn1C1CCCC1)N1CCc2ccccc21)OCO3. The highest BCUT2D eigenvalue weighted by Gasteiger charge is 2.36. The highest BCUT2D eigenvalue weighted by atomic mass is 16.7. The molecule has 4 heterocycles. The Hall–Kier alpha value is -3.88. The summed E-state index contributed by atoms with van der Waals surface area (Å²) in [5.41, 5.74) is 3.58. The number of nitrogens with zero attached hydrogens (tertiary/aromatic N) is 5. The summed E-state index contributed by atoms with van der Waals surface area (Å²) in [6.07, 6.45) is 5.37. The van der Waals surface area contributed by atoms with E-state index in [0.717, 1.165) is 36.9 Å². The Labute approximate surface area is 195 Å². The molecule has 0 bridgehead atoms. The summed E-state index contributed by atoms with van der Waals surface area (Å²) >= 11 is 0. The third-order valence-corrected chi connectivity index (χ3v) is 7.33. The fourth-order valence-corrected chi connectivity index (χ4v) is 5.68. The third kappa shape index (κ3) is 2.99. The summed E-state index contributed by atoms with van der Waals surface area (Å²) in [6.45, 7) is 0.978. The van der Waals surface area contributed by atoms with Crippen molar-refractivity contribution in [2.45, 2.75) is 44.2 Å². The zero-order chi connectivity index (χ0) is 22.6. The molecule has 7 rings (SSSR count). The van der Waals surface area contributed by atoms with Crippen LogP contribution in [0, 0.1) is 0 Å². The molecule has 2 aromatic heterocycles. The van der Waals surface area contributed by atoms with Gasteiger partial charge in [-0.15, -0.1) is 5.10 Å². The molecule has 4 aromatic rings. The first-order valence-electron chi connectivity index (χ1n) is 11.8. The van der Waals surface area contributed by atoms with E-state index >= 15 is 0 Å². The summed E-state index contributed by atoms with van der Waals surface area (Å²) in [5, 5.41) is 13.8. The largest absolute Gasteiger partial charge is 0.454 e. The molecule has 9 heteroatoms. The van der Waals surface area contributed by atoms with Gasteiger partial charge in [0, 0.05) is 29.2 Å². The van der Waals surface area contributed by atoms with Gasteiger partial charge in [-0.2, -0.15) is 0 Å². The number of hydrogen-bond acceptors (Lipinski definition) is 7. The zero-order valence-electron chi connectivity index (χ0n) is 18.6. The summed E-state index contributed by atoms with van der Waals surface area (Å²) in [6, 6.07) is 13.9. The van der Waals surface area contributed by atoms with Crippen molar-refractivity contribution in [3.63, 3.8) is 0 Å². The first-order valence-corrected chi connectivity index (χ1v) is 11.8. The molecule has 0 unspecified atom stereocenters. The van der Waals surface area contributed by atoms with Crippen molar-refractivity contribution < 1.29 is 9.47 Å². The highest BCUT2D eigenvalue weighted by Crippen LogP contribution is 2.40. The summed E-state index contributed by atoms with van der Waals surface area (Å²) in [7, 11) is 0. The van der Waals surface area contributed by atoms with Gasteiger partial charge in [-0.25, -0.2) is 4.68 Å². The highest BCUT2D eigenvalue weighted by molar-refractivity contribution is 5.83. The van der Waals surface area contributed by atoms with Crippen LogP contribution in [0.4, 0.5) is 5.69 Å². The van der Waals surface area contributed by atoms with Gasteiger partial charge in [-0.1, -0.05) is 31.0 Å². The average Bonchev–Trinajstić information content (AvgIpc) is 3.65. The lowest BCUT2D eigenvalue weighted by Crippen LogP contribution is -2.34. The van der Waals surface area contributed by atoms with Crippen molar-refractivity contribution in [2.75, 3.05) is 18.2 Å². The smallest absolute Gasteiger partial charge is 0.254 e. The maximum Gasteiger partial charge on any atom is 0.254 e. The molecule has 0 radical (unpaired) electrons. The number of tetrazole rings is 1. The van der Waals surface area contributed by atoms with Gasteiger partial charge in [0.15, 0.2) is 17.3 Å². The molecule has 1 saturated carbocycles. The molecule has 34 heavy (non-hydrogen) atoms. The van der Waals surface area contributed by atoms with Gasteiger partial charge < -0.3 is 19.4 Å². The lowest BCUT2D eigenvalue weighted by atomic mass is 10.0. The van der Waals surface area contributed by atoms with E-state index in [4.69, 9.17) is 9.47 Å². The quantitative estimate of drug-likeness (QED) is 0.502. The number of ether oxygens (including phenoxy) is 2. The first-order chi connectivity index (χ1) is 16.8. The molecule has 0 amide bonds. The van der Waals surface area contributed by atoms with E-state index in [0.29, 0.717) is 28.4 Å². The Balaban J connectivity index is 1.43. The Bertz CT molecular complexity index is 1450. The summed E-state index contributed by atoms with van der Waals surface area (Å²) in [5.74, 6) is 2.05. The number of fused-ring (bicyclic) bond motifs is 3. The minimum atomic E-state index is -0.405. The van der Waals surface area contributed by atoms with E-state index in [1.54, 1.807) is 0 Å². The predicted molar refractivity (Wildman–Crippen MR) is 125 cm³/mol. The minimum absolute atomic E-state index is 0.151. The topological polar surface area (TPSA) is 98.2 Å². The molecule has 2 aliphatic heterocycles. The maximum absolute atomic E-state index is 13.5. The van der Waals surface area contributed by atoms with Gasteiger partial charge >= 0.3 is 0 Å². The normalized spacial score (nSPS) is 18.1. The molecular weight excluding hydrogens is 432 g/mol. The second kappa shape index (κ2) is 7.58. The lowest BCUT2D eigenvalue weighted by molar-refractivity contribution is 0.174. The fourth-order valence-electron chi connectivity index (χ4n) is 5.68. The number of aromatic nitrogens is 5. The number of anilines is 1. The monoisotopic (exact) mass is 456 g/mol. The van der Waals surface area contributed by atoms with Crippen molar-refractivity contribution in [2.24, 2.45) is 0 Å². The summed E-state index contributed by atoms with van der Waals surface area (Å²) in [4.78, 5) is 18.9. The van der Waals surface area contributed by atoms with Crippen molar-refractivity contribution in [1.82, 2.24) is 25.2 Å². The minimum Gasteiger partial charge on any atom is -0.454 e. The van der Waals surface area contributed by atoms with E-state index in [1.165, 1.54) is 18.4 Å². The standard InChI is InChI=1S/C25H24N6O3/c32-25-18(11-16-12-21-22(34-14-33-21)13-19(16)26-25)23(30-10-9-15-5-1-4-8-20(15)30)24-27-28-29-31(24)17-6-2-3-7-17/h1,4-5,8,11-13,17,23H,2-3,6-7,9-10,14H2,(H,26,32)/t23-/m1/s1. The van der Waals surface area contributed by atoms with Crippen LogP contribution >= 0.6 is 0 Å². The molecule has 1 N–H and O–H groups in total. The number of benzene rings is 2. The van der Waals surface area contributed by atoms with Crippen LogP contribution in [0.1, 0.15) is 54.7 Å². The van der Waals surface area contributed by atoms with E-state index in [2.05, 4.69) is 43.6 Å². The van der Waals surface area contributed by atoms with Crippen molar-refractivity contribution in [3.05, 3.63) is 69.8 Å². The Kier molecular flexibility index (Phi) is 4.36. The second-order valence-electron chi connectivity index (χ2n) is 9.24. The molecule has 1 fully saturated rings. The van der Waals surface area contributed by atoms with Crippen LogP contribution in [0.2, 0.25) is 0 Å². The maximum atomic E-state index is 13.5. The number of pyridine rings is 1. The van der Waals surface area contributed by atoms with Crippen molar-refractivity contribution in [3.8, 4) is 11.5 Å². The van der Waals surface area contributed by atoms with Crippen LogP contribution in [0.25, 0.3) is 10.9 Å². The van der Waals surface area contributed by atoms with Crippen LogP contribution in [-0.2, 0) is 6.42 Å². The summed E-state index contributed by atoms with van der Waals surface area (Å²) < 4.78 is 13.0. The average molecular weight is 457 g/mol. The van der Waals surface area contributed by atoms with E-state index in [9.17, 15) is 4.79 Å². The Morgan fingerprint density at radius 1 is 1.06 bits per heavy atom. The number of para-hydroxylation sites is 1. The lowest BCUT2D eigenvalue weighted by Gasteiger charge is -2.30. The van der Waals surface area contributed by atoms with Gasteiger partial charge in [0.25, 0.3) is 5.56 Å². The van der Waals surface area contributed by atoms with Gasteiger partial charge in [-0.05, 0) is 53.5 Å². The van der Waals surface area contributed by atoms with Gasteiger partial charge in [0.2, 0.25) is 6.79 Å². The van der Waals surface area contributed by atoms with Gasteiger partial charge in [0.05, 0.1) is 11.6 Å². The van der Waals surface area contributed by atoms with Crippen molar-refractivity contribution >= 4 is 16.6 Å². The van der Waals surface area contributed by atoms with Crippen molar-refractivity contribution in [1.29, 1.82) is 0 Å². The predicted octanol–water partition coefficient (Wildman–Crippen LogP) is 3.51. The molecule has 1 aliphatic carbocycles. The molecule has 1 atom stereocenters. The number of rotatable bonds is 4. The molecule has 172 valence electrons. The van der Waals surface area contributed by atoms with Crippen LogP contribution in [0.3, 0.4) is 0 Å². The zero-order valence-corrected chi connectivity index (χ0v) is 18.6. The number of nitrogens with one attached hydrogen (secondary N) is 1. The van der Waals surface area contributed by atoms with Crippen LogP contribution in [-0.4, -0.2) is 38.5 Å². The molecule has 0 saturated heterocycles. The Morgan fingerprint density at radius 2 is 1.88 bits per heavy atom. The number of hydrogen-bond donors (Lipinski definition) is 1. The fraction of sp³-hybridized carbons (Fsp3) is 0.360. The van der Waals surface area contributed by atoms with Crippen LogP contribution < -0.4 is 19.9 Å². The molecule has 0 spiro atoms. The number of H-pyrrole nitrogens is 1.